The van der Waals surface area contributed by atoms with Gasteiger partial charge in [-0.15, -0.1) is 12.4 Å². The van der Waals surface area contributed by atoms with Crippen LogP contribution >= 0.6 is 12.4 Å². The summed E-state index contributed by atoms with van der Waals surface area (Å²) in [5.74, 6) is 0.114. The van der Waals surface area contributed by atoms with Crippen molar-refractivity contribution in [2.45, 2.75) is 22.3 Å². The van der Waals surface area contributed by atoms with Gasteiger partial charge in [-0.1, -0.05) is 0 Å². The molecule has 1 fully saturated rings. The third-order valence-electron chi connectivity index (χ3n) is 3.37. The molecule has 0 aromatic heterocycles. The van der Waals surface area contributed by atoms with Crippen LogP contribution in [0.15, 0.2) is 28.0 Å². The number of sulfonamides is 1. The molecule has 0 aliphatic carbocycles. The van der Waals surface area contributed by atoms with Crippen LogP contribution in [0.1, 0.15) is 6.42 Å². The number of benzene rings is 1. The number of methoxy groups -OCH3 is 1. The average Bonchev–Trinajstić information content (AvgIpc) is 2.84. The van der Waals surface area contributed by atoms with Gasteiger partial charge in [-0.2, -0.15) is 4.31 Å². The number of sulfone groups is 1. The van der Waals surface area contributed by atoms with E-state index in [1.807, 2.05) is 0 Å². The summed E-state index contributed by atoms with van der Waals surface area (Å²) >= 11 is 0. The Morgan fingerprint density at radius 3 is 2.36 bits per heavy atom. The summed E-state index contributed by atoms with van der Waals surface area (Å²) in [6.45, 7) is 0.532. The minimum absolute atomic E-state index is 0. The summed E-state index contributed by atoms with van der Waals surface area (Å²) in [7, 11) is -6.00. The molecule has 0 saturated carbocycles. The molecule has 7 nitrogen and oxygen atoms in total. The van der Waals surface area contributed by atoms with Crippen LogP contribution in [0.3, 0.4) is 0 Å². The van der Waals surface area contributed by atoms with Crippen LogP contribution in [0.25, 0.3) is 0 Å². The van der Waals surface area contributed by atoms with Gasteiger partial charge >= 0.3 is 0 Å². The standard InChI is InChI=1S/C12H18N2O5S2.ClH/c1-19-11-4-3-10(20(2,15)16)7-12(11)21(17,18)14-6-5-9(13)8-14;/h3-4,7,9H,5-6,8,13H2,1-2H3;1H/t9-;/m0./s1. The number of nitrogens with two attached hydrogens (primary N) is 1. The minimum Gasteiger partial charge on any atom is -0.495 e. The zero-order valence-corrected chi connectivity index (χ0v) is 14.7. The number of hydrogen-bond donors (Lipinski definition) is 1. The topological polar surface area (TPSA) is 107 Å². The van der Waals surface area contributed by atoms with Crippen LogP contribution in [0.2, 0.25) is 0 Å². The number of ether oxygens (including phenoxy) is 1. The Bertz CT molecular complexity index is 749. The van der Waals surface area contributed by atoms with Crippen LogP contribution in [0.4, 0.5) is 0 Å². The Labute approximate surface area is 136 Å². The van der Waals surface area contributed by atoms with Crippen molar-refractivity contribution in [3.63, 3.8) is 0 Å². The van der Waals surface area contributed by atoms with Crippen LogP contribution in [0.5, 0.6) is 5.75 Å². The molecule has 1 aliphatic heterocycles. The fourth-order valence-corrected chi connectivity index (χ4v) is 4.62. The van der Waals surface area contributed by atoms with Gasteiger partial charge in [0, 0.05) is 25.4 Å². The monoisotopic (exact) mass is 370 g/mol. The highest BCUT2D eigenvalue weighted by atomic mass is 35.5. The van der Waals surface area contributed by atoms with E-state index in [9.17, 15) is 16.8 Å². The molecule has 2 rings (SSSR count). The van der Waals surface area contributed by atoms with Gasteiger partial charge in [0.1, 0.15) is 10.6 Å². The van der Waals surface area contributed by atoms with Crippen molar-refractivity contribution in [1.29, 1.82) is 0 Å². The highest BCUT2D eigenvalue weighted by Gasteiger charge is 2.33. The Hall–Kier alpha value is -0.870. The van der Waals surface area contributed by atoms with Gasteiger partial charge in [-0.05, 0) is 24.6 Å². The molecular formula is C12H19ClN2O5S2. The Morgan fingerprint density at radius 2 is 1.91 bits per heavy atom. The lowest BCUT2D eigenvalue weighted by molar-refractivity contribution is 0.397. The van der Waals surface area contributed by atoms with E-state index in [-0.39, 0.29) is 40.5 Å². The van der Waals surface area contributed by atoms with Crippen molar-refractivity contribution in [3.8, 4) is 5.75 Å². The highest BCUT2D eigenvalue weighted by molar-refractivity contribution is 7.91. The van der Waals surface area contributed by atoms with E-state index in [4.69, 9.17) is 10.5 Å². The first kappa shape index (κ1) is 19.2. The second kappa shape index (κ2) is 6.71. The van der Waals surface area contributed by atoms with Gasteiger partial charge < -0.3 is 10.5 Å². The maximum absolute atomic E-state index is 12.6. The number of hydrogen-bond acceptors (Lipinski definition) is 6. The summed E-state index contributed by atoms with van der Waals surface area (Å²) in [4.78, 5) is -0.215. The van der Waals surface area contributed by atoms with E-state index in [2.05, 4.69) is 0 Å². The molecule has 1 aromatic carbocycles. The smallest absolute Gasteiger partial charge is 0.246 e. The number of rotatable bonds is 4. The zero-order valence-electron chi connectivity index (χ0n) is 12.2. The van der Waals surface area contributed by atoms with Crippen LogP contribution in [0, 0.1) is 0 Å². The Kier molecular flexibility index (Phi) is 5.85. The second-order valence-corrected chi connectivity index (χ2v) is 8.92. The summed E-state index contributed by atoms with van der Waals surface area (Å²) < 4.78 is 54.8. The SMILES string of the molecule is COc1ccc(S(C)(=O)=O)cc1S(=O)(=O)N1CC[C@H](N)C1.Cl. The molecule has 10 heteroatoms. The fraction of sp³-hybridized carbons (Fsp3) is 0.500. The summed E-state index contributed by atoms with van der Waals surface area (Å²) in [5, 5.41) is 0. The lowest BCUT2D eigenvalue weighted by Crippen LogP contribution is -2.32. The van der Waals surface area contributed by atoms with Crippen molar-refractivity contribution in [3.05, 3.63) is 18.2 Å². The van der Waals surface area contributed by atoms with Gasteiger partial charge in [0.25, 0.3) is 0 Å². The summed E-state index contributed by atoms with van der Waals surface area (Å²) in [5.41, 5.74) is 5.74. The molecule has 1 aromatic rings. The average molecular weight is 371 g/mol. The molecule has 126 valence electrons. The molecule has 1 heterocycles. The third kappa shape index (κ3) is 3.72. The van der Waals surface area contributed by atoms with Crippen molar-refractivity contribution < 1.29 is 21.6 Å². The fourth-order valence-electron chi connectivity index (χ4n) is 2.20. The molecule has 0 spiro atoms. The van der Waals surface area contributed by atoms with Crippen molar-refractivity contribution in [2.75, 3.05) is 26.5 Å². The molecule has 1 saturated heterocycles. The van der Waals surface area contributed by atoms with Crippen molar-refractivity contribution in [2.24, 2.45) is 5.73 Å². The van der Waals surface area contributed by atoms with Gasteiger partial charge in [-0.3, -0.25) is 0 Å². The summed E-state index contributed by atoms with van der Waals surface area (Å²) in [6, 6.07) is 3.60. The molecule has 22 heavy (non-hydrogen) atoms. The number of nitrogens with zero attached hydrogens (tertiary/aromatic N) is 1. The Morgan fingerprint density at radius 1 is 1.27 bits per heavy atom. The van der Waals surface area contributed by atoms with E-state index in [0.717, 1.165) is 12.3 Å². The van der Waals surface area contributed by atoms with E-state index < -0.39 is 19.9 Å². The van der Waals surface area contributed by atoms with Gasteiger partial charge in [0.05, 0.1) is 12.0 Å². The first-order chi connectivity index (χ1) is 9.66. The summed E-state index contributed by atoms with van der Waals surface area (Å²) in [6.07, 6.45) is 1.60. The first-order valence-electron chi connectivity index (χ1n) is 6.30. The molecule has 0 radical (unpaired) electrons. The van der Waals surface area contributed by atoms with Gasteiger partial charge in [-0.25, -0.2) is 16.8 Å². The van der Waals surface area contributed by atoms with Crippen LogP contribution in [-0.4, -0.2) is 53.6 Å². The molecule has 1 atom stereocenters. The Balaban J connectivity index is 0.00000242. The minimum atomic E-state index is -3.83. The van der Waals surface area contributed by atoms with E-state index in [1.54, 1.807) is 0 Å². The largest absolute Gasteiger partial charge is 0.495 e. The number of halogens is 1. The second-order valence-electron chi connectivity index (χ2n) is 5.00. The molecule has 0 unspecified atom stereocenters. The lowest BCUT2D eigenvalue weighted by atomic mass is 10.3. The van der Waals surface area contributed by atoms with Crippen LogP contribution < -0.4 is 10.5 Å². The molecule has 0 bridgehead atoms. The van der Waals surface area contributed by atoms with Gasteiger partial charge in [0.15, 0.2) is 9.84 Å². The van der Waals surface area contributed by atoms with E-state index >= 15 is 0 Å². The maximum Gasteiger partial charge on any atom is 0.246 e. The quantitative estimate of drug-likeness (QED) is 0.813. The highest BCUT2D eigenvalue weighted by Crippen LogP contribution is 2.30. The van der Waals surface area contributed by atoms with Crippen molar-refractivity contribution in [1.82, 2.24) is 4.31 Å². The van der Waals surface area contributed by atoms with Crippen molar-refractivity contribution >= 4 is 32.3 Å². The van der Waals surface area contributed by atoms with Crippen LogP contribution in [-0.2, 0) is 19.9 Å². The van der Waals surface area contributed by atoms with Gasteiger partial charge in [0.2, 0.25) is 10.0 Å². The van der Waals surface area contributed by atoms with E-state index in [1.165, 1.54) is 23.5 Å². The molecule has 1 aliphatic rings. The lowest BCUT2D eigenvalue weighted by Gasteiger charge is -2.18. The van der Waals surface area contributed by atoms with E-state index in [0.29, 0.717) is 13.0 Å². The first-order valence-corrected chi connectivity index (χ1v) is 9.63. The zero-order chi connectivity index (χ0) is 15.8. The molecular weight excluding hydrogens is 352 g/mol. The predicted octanol–water partition coefficient (Wildman–Crippen LogP) is 0.242. The normalized spacial score (nSPS) is 19.7. The third-order valence-corrected chi connectivity index (χ3v) is 6.37. The molecule has 2 N–H and O–H groups in total. The molecule has 0 amide bonds. The predicted molar refractivity (Wildman–Crippen MR) is 84.7 cm³/mol. The maximum atomic E-state index is 12.6.